The van der Waals surface area contributed by atoms with Crippen molar-refractivity contribution in [3.8, 4) is 0 Å². The number of esters is 1. The molecule has 0 bridgehead atoms. The van der Waals surface area contributed by atoms with E-state index >= 15 is 0 Å². The molecule has 0 spiro atoms. The normalized spacial score (nSPS) is 12.1. The first-order valence-corrected chi connectivity index (χ1v) is 7.35. The highest BCUT2D eigenvalue weighted by atomic mass is 16.5. The molecule has 0 heterocycles. The topological polar surface area (TPSA) is 43.4 Å². The monoisotopic (exact) mass is 256 g/mol. The molecule has 0 fully saturated rings. The standard InChI is InChI=1S/C15H28O3/c1-3-5-7-9-14(13-16)10-8-11-15(17)18-12-6-4-2/h13-14H,3-12H2,1-2H3. The van der Waals surface area contributed by atoms with Crippen LogP contribution in [0.15, 0.2) is 0 Å². The number of aldehydes is 1. The fraction of sp³-hybridized carbons (Fsp3) is 0.867. The lowest BCUT2D eigenvalue weighted by atomic mass is 9.97. The van der Waals surface area contributed by atoms with Gasteiger partial charge in [-0.2, -0.15) is 0 Å². The summed E-state index contributed by atoms with van der Waals surface area (Å²) in [5.41, 5.74) is 0. The molecule has 0 radical (unpaired) electrons. The van der Waals surface area contributed by atoms with Crippen molar-refractivity contribution in [2.45, 2.75) is 71.6 Å². The molecule has 3 heteroatoms. The maximum atomic E-state index is 11.3. The van der Waals surface area contributed by atoms with Crippen molar-refractivity contribution in [1.82, 2.24) is 0 Å². The van der Waals surface area contributed by atoms with Crippen molar-refractivity contribution in [2.75, 3.05) is 6.61 Å². The highest BCUT2D eigenvalue weighted by Gasteiger charge is 2.09. The molecular formula is C15H28O3. The molecular weight excluding hydrogens is 228 g/mol. The Morgan fingerprint density at radius 3 is 2.33 bits per heavy atom. The van der Waals surface area contributed by atoms with E-state index in [2.05, 4.69) is 13.8 Å². The van der Waals surface area contributed by atoms with Crippen molar-refractivity contribution in [1.29, 1.82) is 0 Å². The molecule has 0 aromatic heterocycles. The fourth-order valence-corrected chi connectivity index (χ4v) is 1.85. The minimum absolute atomic E-state index is 0.123. The van der Waals surface area contributed by atoms with Crippen LogP contribution in [0.5, 0.6) is 0 Å². The minimum atomic E-state index is -0.123. The Kier molecular flexibility index (Phi) is 12.0. The van der Waals surface area contributed by atoms with Crippen LogP contribution in [0.25, 0.3) is 0 Å². The number of carbonyl (C=O) groups is 2. The molecule has 18 heavy (non-hydrogen) atoms. The summed E-state index contributed by atoms with van der Waals surface area (Å²) in [6.45, 7) is 4.75. The highest BCUT2D eigenvalue weighted by molar-refractivity contribution is 5.69. The molecule has 106 valence electrons. The summed E-state index contributed by atoms with van der Waals surface area (Å²) in [4.78, 5) is 22.2. The van der Waals surface area contributed by atoms with Gasteiger partial charge in [0.1, 0.15) is 6.29 Å². The van der Waals surface area contributed by atoms with Crippen molar-refractivity contribution >= 4 is 12.3 Å². The van der Waals surface area contributed by atoms with Gasteiger partial charge < -0.3 is 9.53 Å². The second-order valence-electron chi connectivity index (χ2n) is 4.86. The second-order valence-corrected chi connectivity index (χ2v) is 4.86. The zero-order chi connectivity index (χ0) is 13.6. The Balaban J connectivity index is 3.53. The van der Waals surface area contributed by atoms with Crippen LogP contribution in [0, 0.1) is 5.92 Å². The third-order valence-corrected chi connectivity index (χ3v) is 3.09. The summed E-state index contributed by atoms with van der Waals surface area (Å²) >= 11 is 0. The predicted molar refractivity (Wildman–Crippen MR) is 73.4 cm³/mol. The molecule has 0 rings (SSSR count). The quantitative estimate of drug-likeness (QED) is 0.302. The first-order chi connectivity index (χ1) is 8.74. The Labute approximate surface area is 111 Å². The van der Waals surface area contributed by atoms with Crippen molar-refractivity contribution in [3.05, 3.63) is 0 Å². The van der Waals surface area contributed by atoms with Gasteiger partial charge in [0, 0.05) is 12.3 Å². The molecule has 1 unspecified atom stereocenters. The zero-order valence-electron chi connectivity index (χ0n) is 12.0. The number of hydrogen-bond acceptors (Lipinski definition) is 3. The van der Waals surface area contributed by atoms with Crippen LogP contribution < -0.4 is 0 Å². The van der Waals surface area contributed by atoms with E-state index in [0.29, 0.717) is 13.0 Å². The molecule has 0 amide bonds. The van der Waals surface area contributed by atoms with E-state index in [0.717, 1.165) is 44.8 Å². The van der Waals surface area contributed by atoms with Gasteiger partial charge in [0.25, 0.3) is 0 Å². The van der Waals surface area contributed by atoms with E-state index in [4.69, 9.17) is 4.74 Å². The Morgan fingerprint density at radius 1 is 1.06 bits per heavy atom. The molecule has 0 aliphatic rings. The van der Waals surface area contributed by atoms with Gasteiger partial charge in [0.15, 0.2) is 0 Å². The molecule has 0 saturated carbocycles. The number of unbranched alkanes of at least 4 members (excludes halogenated alkanes) is 3. The number of carbonyl (C=O) groups excluding carboxylic acids is 2. The largest absolute Gasteiger partial charge is 0.466 e. The van der Waals surface area contributed by atoms with Crippen molar-refractivity contribution in [3.63, 3.8) is 0 Å². The van der Waals surface area contributed by atoms with Gasteiger partial charge in [-0.3, -0.25) is 4.79 Å². The van der Waals surface area contributed by atoms with Crippen molar-refractivity contribution < 1.29 is 14.3 Å². The molecule has 0 N–H and O–H groups in total. The maximum Gasteiger partial charge on any atom is 0.305 e. The first-order valence-electron chi connectivity index (χ1n) is 7.35. The van der Waals surface area contributed by atoms with Gasteiger partial charge in [0.2, 0.25) is 0 Å². The van der Waals surface area contributed by atoms with E-state index in [1.807, 2.05) is 0 Å². The predicted octanol–water partition coefficient (Wildman–Crippen LogP) is 3.90. The van der Waals surface area contributed by atoms with Gasteiger partial charge in [-0.1, -0.05) is 39.5 Å². The Bertz CT molecular complexity index is 214. The van der Waals surface area contributed by atoms with E-state index in [9.17, 15) is 9.59 Å². The molecule has 0 saturated heterocycles. The van der Waals surface area contributed by atoms with Crippen LogP contribution in [0.4, 0.5) is 0 Å². The molecule has 1 atom stereocenters. The van der Waals surface area contributed by atoms with Gasteiger partial charge in [0.05, 0.1) is 6.61 Å². The Morgan fingerprint density at radius 2 is 1.72 bits per heavy atom. The average molecular weight is 256 g/mol. The van der Waals surface area contributed by atoms with Gasteiger partial charge in [-0.25, -0.2) is 0 Å². The summed E-state index contributed by atoms with van der Waals surface area (Å²) in [5, 5.41) is 0. The molecule has 3 nitrogen and oxygen atoms in total. The SMILES string of the molecule is CCCCCC(C=O)CCCC(=O)OCCCC. The first kappa shape index (κ1) is 17.1. The molecule has 0 aliphatic heterocycles. The number of ether oxygens (including phenoxy) is 1. The van der Waals surface area contributed by atoms with Crippen LogP contribution >= 0.6 is 0 Å². The maximum absolute atomic E-state index is 11.3. The highest BCUT2D eigenvalue weighted by Crippen LogP contribution is 2.15. The van der Waals surface area contributed by atoms with E-state index in [1.54, 1.807) is 0 Å². The smallest absolute Gasteiger partial charge is 0.305 e. The van der Waals surface area contributed by atoms with Crippen LogP contribution in [-0.2, 0) is 14.3 Å². The van der Waals surface area contributed by atoms with Crippen LogP contribution in [0.3, 0.4) is 0 Å². The van der Waals surface area contributed by atoms with Gasteiger partial charge in [-0.05, 0) is 25.7 Å². The third-order valence-electron chi connectivity index (χ3n) is 3.09. The Hall–Kier alpha value is -0.860. The number of rotatable bonds is 12. The average Bonchev–Trinajstić information content (AvgIpc) is 2.37. The molecule has 0 aliphatic carbocycles. The second kappa shape index (κ2) is 12.6. The summed E-state index contributed by atoms with van der Waals surface area (Å²) in [6, 6.07) is 0. The fourth-order valence-electron chi connectivity index (χ4n) is 1.85. The van der Waals surface area contributed by atoms with E-state index in [-0.39, 0.29) is 11.9 Å². The van der Waals surface area contributed by atoms with Gasteiger partial charge >= 0.3 is 5.97 Å². The lowest BCUT2D eigenvalue weighted by molar-refractivity contribution is -0.144. The summed E-state index contributed by atoms with van der Waals surface area (Å²) in [6.07, 6.45) is 9.47. The zero-order valence-corrected chi connectivity index (χ0v) is 12.0. The van der Waals surface area contributed by atoms with Crippen LogP contribution in [-0.4, -0.2) is 18.9 Å². The van der Waals surface area contributed by atoms with E-state index < -0.39 is 0 Å². The summed E-state index contributed by atoms with van der Waals surface area (Å²) < 4.78 is 5.07. The number of hydrogen-bond donors (Lipinski definition) is 0. The summed E-state index contributed by atoms with van der Waals surface area (Å²) in [7, 11) is 0. The van der Waals surface area contributed by atoms with E-state index in [1.165, 1.54) is 12.8 Å². The molecule has 0 aromatic rings. The lowest BCUT2D eigenvalue weighted by Crippen LogP contribution is -2.08. The minimum Gasteiger partial charge on any atom is -0.466 e. The van der Waals surface area contributed by atoms with Gasteiger partial charge in [-0.15, -0.1) is 0 Å². The van der Waals surface area contributed by atoms with Crippen LogP contribution in [0.1, 0.15) is 71.6 Å². The van der Waals surface area contributed by atoms with Crippen molar-refractivity contribution in [2.24, 2.45) is 5.92 Å². The van der Waals surface area contributed by atoms with Crippen LogP contribution in [0.2, 0.25) is 0 Å². The molecule has 0 aromatic carbocycles. The third kappa shape index (κ3) is 10.3. The summed E-state index contributed by atoms with van der Waals surface area (Å²) in [5.74, 6) is 0.00153. The lowest BCUT2D eigenvalue weighted by Gasteiger charge is -2.09.